The van der Waals surface area contributed by atoms with Gasteiger partial charge in [-0.3, -0.25) is 4.79 Å². The van der Waals surface area contributed by atoms with Crippen molar-refractivity contribution in [3.63, 3.8) is 0 Å². The smallest absolute Gasteiger partial charge is 0.229 e. The fourth-order valence-electron chi connectivity index (χ4n) is 1.68. The van der Waals surface area contributed by atoms with Crippen LogP contribution >= 0.6 is 39.5 Å². The van der Waals surface area contributed by atoms with Crippen LogP contribution in [0.1, 0.15) is 16.1 Å². The highest BCUT2D eigenvalue weighted by molar-refractivity contribution is 9.10. The second kappa shape index (κ2) is 5.98. The molecule has 1 aromatic heterocycles. The van der Waals surface area contributed by atoms with E-state index in [1.54, 1.807) is 0 Å². The molecule has 0 fully saturated rings. The molecule has 0 unspecified atom stereocenters. The molecule has 0 saturated heterocycles. The molecular weight excluding hydrogens is 344 g/mol. The molecule has 0 aliphatic rings. The summed E-state index contributed by atoms with van der Waals surface area (Å²) >= 11 is 9.94. The summed E-state index contributed by atoms with van der Waals surface area (Å²) in [6.07, 6.45) is 0.337. The van der Waals surface area contributed by atoms with Gasteiger partial charge < -0.3 is 10.3 Å². The third-order valence-corrected chi connectivity index (χ3v) is 4.67. The van der Waals surface area contributed by atoms with E-state index in [9.17, 15) is 4.79 Å². The molecule has 0 aliphatic carbocycles. The van der Waals surface area contributed by atoms with Gasteiger partial charge in [0.2, 0.25) is 5.91 Å². The third-order valence-electron chi connectivity index (χ3n) is 2.64. The summed E-state index contributed by atoms with van der Waals surface area (Å²) in [6, 6.07) is 5.85. The standard InChI is InChI=1S/C13H13BrN2OS2/c1-7-3-4-9(14)10(5-7)16-12(17)6-11-8(2)15-13(18)19-11/h3-5H,6H2,1-2H3,(H,15,18)(H,16,17). The number of aryl methyl sites for hydroxylation is 2. The number of benzene rings is 1. The molecule has 1 heterocycles. The quantitative estimate of drug-likeness (QED) is 0.802. The topological polar surface area (TPSA) is 44.9 Å². The number of aromatic amines is 1. The lowest BCUT2D eigenvalue weighted by Crippen LogP contribution is -2.14. The third kappa shape index (κ3) is 3.75. The van der Waals surface area contributed by atoms with Crippen molar-refractivity contribution in [3.05, 3.63) is 42.8 Å². The van der Waals surface area contributed by atoms with Gasteiger partial charge in [0.1, 0.15) is 0 Å². The molecule has 0 radical (unpaired) electrons. The van der Waals surface area contributed by atoms with Crippen LogP contribution in [-0.2, 0) is 11.2 Å². The van der Waals surface area contributed by atoms with Gasteiger partial charge in [0, 0.05) is 15.0 Å². The van der Waals surface area contributed by atoms with Crippen LogP contribution in [-0.4, -0.2) is 10.9 Å². The minimum Gasteiger partial charge on any atom is -0.341 e. The Morgan fingerprint density at radius 2 is 2.21 bits per heavy atom. The maximum absolute atomic E-state index is 12.0. The molecule has 19 heavy (non-hydrogen) atoms. The van der Waals surface area contributed by atoms with Crippen molar-refractivity contribution in [2.45, 2.75) is 20.3 Å². The second-order valence-corrected chi connectivity index (χ2v) is 6.90. The van der Waals surface area contributed by atoms with E-state index in [0.29, 0.717) is 10.4 Å². The Morgan fingerprint density at radius 3 is 2.84 bits per heavy atom. The summed E-state index contributed by atoms with van der Waals surface area (Å²) < 4.78 is 1.59. The van der Waals surface area contributed by atoms with Gasteiger partial charge in [0.15, 0.2) is 3.95 Å². The van der Waals surface area contributed by atoms with Crippen molar-refractivity contribution >= 4 is 51.1 Å². The van der Waals surface area contributed by atoms with E-state index < -0.39 is 0 Å². The van der Waals surface area contributed by atoms with E-state index in [2.05, 4.69) is 26.2 Å². The van der Waals surface area contributed by atoms with Gasteiger partial charge in [0.25, 0.3) is 0 Å². The molecule has 2 N–H and O–H groups in total. The largest absolute Gasteiger partial charge is 0.341 e. The molecule has 0 bridgehead atoms. The molecule has 6 heteroatoms. The summed E-state index contributed by atoms with van der Waals surface area (Å²) in [7, 11) is 0. The first-order valence-corrected chi connectivity index (χ1v) is 7.72. The fourth-order valence-corrected chi connectivity index (χ4v) is 3.32. The number of nitrogens with one attached hydrogen (secondary N) is 2. The Morgan fingerprint density at radius 1 is 1.47 bits per heavy atom. The molecule has 3 nitrogen and oxygen atoms in total. The molecule has 0 atom stereocenters. The number of anilines is 1. The van der Waals surface area contributed by atoms with Gasteiger partial charge in [0.05, 0.1) is 12.1 Å². The van der Waals surface area contributed by atoms with Gasteiger partial charge >= 0.3 is 0 Å². The number of hydrogen-bond donors (Lipinski definition) is 2. The average molecular weight is 357 g/mol. The number of carbonyl (C=O) groups is 1. The van der Waals surface area contributed by atoms with Gasteiger partial charge in [-0.15, -0.1) is 11.3 Å². The molecular formula is C13H13BrN2OS2. The van der Waals surface area contributed by atoms with E-state index in [1.807, 2.05) is 32.0 Å². The molecule has 0 spiro atoms. The Bertz CT molecular complexity index is 676. The van der Waals surface area contributed by atoms with Crippen molar-refractivity contribution in [1.29, 1.82) is 0 Å². The molecule has 1 amide bonds. The number of hydrogen-bond acceptors (Lipinski definition) is 3. The Hall–Kier alpha value is -0.980. The highest BCUT2D eigenvalue weighted by Crippen LogP contribution is 2.24. The van der Waals surface area contributed by atoms with Crippen molar-refractivity contribution in [2.75, 3.05) is 5.32 Å². The summed E-state index contributed by atoms with van der Waals surface area (Å²) in [6.45, 7) is 3.92. The van der Waals surface area contributed by atoms with E-state index >= 15 is 0 Å². The second-order valence-electron chi connectivity index (χ2n) is 4.27. The SMILES string of the molecule is Cc1ccc(Br)c(NC(=O)Cc2sc(=S)[nH]c2C)c1. The van der Waals surface area contributed by atoms with Crippen LogP contribution in [0.3, 0.4) is 0 Å². The van der Waals surface area contributed by atoms with Crippen molar-refractivity contribution < 1.29 is 4.79 Å². The molecule has 2 rings (SSSR count). The number of H-pyrrole nitrogens is 1. The van der Waals surface area contributed by atoms with Crippen LogP contribution in [0.15, 0.2) is 22.7 Å². The number of amides is 1. The number of thiazole rings is 1. The highest BCUT2D eigenvalue weighted by Gasteiger charge is 2.10. The Kier molecular flexibility index (Phi) is 4.54. The molecule has 100 valence electrons. The summed E-state index contributed by atoms with van der Waals surface area (Å²) in [5, 5.41) is 2.91. The van der Waals surface area contributed by atoms with Crippen molar-refractivity contribution in [1.82, 2.24) is 4.98 Å². The lowest BCUT2D eigenvalue weighted by atomic mass is 10.2. The van der Waals surface area contributed by atoms with Crippen LogP contribution in [0.25, 0.3) is 0 Å². The zero-order valence-electron chi connectivity index (χ0n) is 10.5. The first-order chi connectivity index (χ1) is 8.95. The lowest BCUT2D eigenvalue weighted by Gasteiger charge is -2.08. The van der Waals surface area contributed by atoms with E-state index in [-0.39, 0.29) is 5.91 Å². The van der Waals surface area contributed by atoms with E-state index in [0.717, 1.165) is 26.3 Å². The van der Waals surface area contributed by atoms with Crippen LogP contribution in [0.5, 0.6) is 0 Å². The van der Waals surface area contributed by atoms with Crippen molar-refractivity contribution in [2.24, 2.45) is 0 Å². The normalized spacial score (nSPS) is 10.5. The summed E-state index contributed by atoms with van der Waals surface area (Å²) in [5.41, 5.74) is 2.86. The molecule has 1 aromatic carbocycles. The Labute approximate surface area is 129 Å². The monoisotopic (exact) mass is 356 g/mol. The maximum Gasteiger partial charge on any atom is 0.229 e. The predicted octanol–water partition coefficient (Wildman–Crippen LogP) is 4.37. The fraction of sp³-hybridized carbons (Fsp3) is 0.231. The lowest BCUT2D eigenvalue weighted by molar-refractivity contribution is -0.115. The number of carbonyl (C=O) groups excluding carboxylic acids is 1. The first kappa shape index (κ1) is 14.4. The number of halogens is 1. The zero-order chi connectivity index (χ0) is 14.0. The van der Waals surface area contributed by atoms with Crippen molar-refractivity contribution in [3.8, 4) is 0 Å². The molecule has 0 aliphatic heterocycles. The molecule has 0 saturated carbocycles. The van der Waals surface area contributed by atoms with Crippen LogP contribution in [0, 0.1) is 17.8 Å². The Balaban J connectivity index is 2.11. The van der Waals surface area contributed by atoms with Gasteiger partial charge in [-0.25, -0.2) is 0 Å². The summed E-state index contributed by atoms with van der Waals surface area (Å²) in [4.78, 5) is 16.1. The molecule has 2 aromatic rings. The zero-order valence-corrected chi connectivity index (χ0v) is 13.8. The van der Waals surface area contributed by atoms with Gasteiger partial charge in [-0.2, -0.15) is 0 Å². The van der Waals surface area contributed by atoms with E-state index in [4.69, 9.17) is 12.2 Å². The van der Waals surface area contributed by atoms with Crippen LogP contribution in [0.2, 0.25) is 0 Å². The number of rotatable bonds is 3. The summed E-state index contributed by atoms with van der Waals surface area (Å²) in [5.74, 6) is -0.0420. The number of aromatic nitrogens is 1. The minimum atomic E-state index is -0.0420. The van der Waals surface area contributed by atoms with E-state index in [1.165, 1.54) is 11.3 Å². The average Bonchev–Trinajstić information content (AvgIpc) is 2.62. The first-order valence-electron chi connectivity index (χ1n) is 5.70. The highest BCUT2D eigenvalue weighted by atomic mass is 79.9. The van der Waals surface area contributed by atoms with Crippen LogP contribution in [0.4, 0.5) is 5.69 Å². The van der Waals surface area contributed by atoms with Gasteiger partial charge in [-0.05, 0) is 59.7 Å². The predicted molar refractivity (Wildman–Crippen MR) is 85.5 cm³/mol. The maximum atomic E-state index is 12.0. The van der Waals surface area contributed by atoms with Gasteiger partial charge in [-0.1, -0.05) is 6.07 Å². The van der Waals surface area contributed by atoms with Crippen LogP contribution < -0.4 is 5.32 Å². The minimum absolute atomic E-state index is 0.0420.